The molecule has 0 saturated carbocycles. The van der Waals surface area contributed by atoms with Crippen LogP contribution in [0.5, 0.6) is 0 Å². The molecular formula is C17H24N2S. The van der Waals surface area contributed by atoms with E-state index in [1.807, 2.05) is 0 Å². The lowest BCUT2D eigenvalue weighted by Crippen LogP contribution is -2.23. The maximum Gasteiger partial charge on any atom is 0.0897 e. The van der Waals surface area contributed by atoms with Crippen molar-refractivity contribution in [2.24, 2.45) is 0 Å². The summed E-state index contributed by atoms with van der Waals surface area (Å²) in [6.07, 6.45) is 3.32. The largest absolute Gasteiger partial charge is 0.310 e. The van der Waals surface area contributed by atoms with Crippen molar-refractivity contribution in [3.8, 4) is 0 Å². The summed E-state index contributed by atoms with van der Waals surface area (Å²) in [5, 5.41) is 6.91. The zero-order valence-electron chi connectivity index (χ0n) is 12.6. The van der Waals surface area contributed by atoms with Gasteiger partial charge < -0.3 is 5.32 Å². The first kappa shape index (κ1) is 15.2. The average molecular weight is 288 g/mol. The molecule has 0 saturated heterocycles. The van der Waals surface area contributed by atoms with Gasteiger partial charge in [-0.15, -0.1) is 11.3 Å². The highest BCUT2D eigenvalue weighted by atomic mass is 32.1. The minimum Gasteiger partial charge on any atom is -0.310 e. The number of likely N-dealkylation sites (N-methyl/N-ethyl adjacent to an activating group) is 1. The highest BCUT2D eigenvalue weighted by Crippen LogP contribution is 2.21. The second-order valence-corrected chi connectivity index (χ2v) is 6.23. The van der Waals surface area contributed by atoms with Crippen LogP contribution in [0.25, 0.3) is 0 Å². The molecule has 0 radical (unpaired) electrons. The highest BCUT2D eigenvalue weighted by Gasteiger charge is 2.13. The lowest BCUT2D eigenvalue weighted by atomic mass is 9.98. The Bertz CT molecular complexity index is 533. The number of nitrogens with zero attached hydrogens (tertiary/aromatic N) is 1. The second kappa shape index (κ2) is 7.55. The van der Waals surface area contributed by atoms with Gasteiger partial charge in [0, 0.05) is 17.8 Å². The van der Waals surface area contributed by atoms with Gasteiger partial charge in [0.25, 0.3) is 0 Å². The van der Waals surface area contributed by atoms with Crippen molar-refractivity contribution in [1.29, 1.82) is 0 Å². The summed E-state index contributed by atoms with van der Waals surface area (Å²) in [6, 6.07) is 9.33. The van der Waals surface area contributed by atoms with Crippen molar-refractivity contribution in [1.82, 2.24) is 10.3 Å². The van der Waals surface area contributed by atoms with E-state index in [4.69, 9.17) is 0 Å². The number of aryl methyl sites for hydroxylation is 2. The fourth-order valence-electron chi connectivity index (χ4n) is 2.52. The molecule has 20 heavy (non-hydrogen) atoms. The third kappa shape index (κ3) is 4.15. The second-order valence-electron chi connectivity index (χ2n) is 5.17. The number of benzene rings is 1. The molecule has 1 heterocycles. The average Bonchev–Trinajstić information content (AvgIpc) is 2.84. The van der Waals surface area contributed by atoms with Crippen molar-refractivity contribution in [2.45, 2.75) is 46.1 Å². The molecule has 1 atom stereocenters. The van der Waals surface area contributed by atoms with E-state index in [-0.39, 0.29) is 0 Å². The van der Waals surface area contributed by atoms with Gasteiger partial charge in [-0.3, -0.25) is 0 Å². The van der Waals surface area contributed by atoms with Gasteiger partial charge in [0.1, 0.15) is 0 Å². The maximum absolute atomic E-state index is 4.60. The van der Waals surface area contributed by atoms with Gasteiger partial charge in [0.05, 0.1) is 10.7 Å². The van der Waals surface area contributed by atoms with Crippen LogP contribution in [0, 0.1) is 6.92 Å². The molecule has 0 spiro atoms. The van der Waals surface area contributed by atoms with Crippen LogP contribution in [0.2, 0.25) is 0 Å². The molecular weight excluding hydrogens is 264 g/mol. The van der Waals surface area contributed by atoms with Crippen molar-refractivity contribution >= 4 is 11.3 Å². The molecule has 0 aliphatic rings. The quantitative estimate of drug-likeness (QED) is 0.821. The molecule has 0 aliphatic heterocycles. The summed E-state index contributed by atoms with van der Waals surface area (Å²) < 4.78 is 0. The minimum atomic E-state index is 0.360. The van der Waals surface area contributed by atoms with Gasteiger partial charge in [-0.25, -0.2) is 4.98 Å². The van der Waals surface area contributed by atoms with Crippen molar-refractivity contribution in [3.63, 3.8) is 0 Å². The predicted molar refractivity (Wildman–Crippen MR) is 87.4 cm³/mol. The van der Waals surface area contributed by atoms with Crippen LogP contribution < -0.4 is 5.32 Å². The Morgan fingerprint density at radius 3 is 2.80 bits per heavy atom. The number of thiazole rings is 1. The lowest BCUT2D eigenvalue weighted by molar-refractivity contribution is 0.544. The smallest absolute Gasteiger partial charge is 0.0897 e. The Morgan fingerprint density at radius 1 is 1.30 bits per heavy atom. The van der Waals surface area contributed by atoms with Crippen LogP contribution in [0.1, 0.15) is 48.1 Å². The van der Waals surface area contributed by atoms with Crippen molar-refractivity contribution in [3.05, 3.63) is 51.5 Å². The lowest BCUT2D eigenvalue weighted by Gasteiger charge is -2.18. The Hall–Kier alpha value is -1.19. The van der Waals surface area contributed by atoms with Gasteiger partial charge in [-0.05, 0) is 31.0 Å². The normalized spacial score (nSPS) is 12.6. The van der Waals surface area contributed by atoms with E-state index in [0.29, 0.717) is 6.04 Å². The third-order valence-electron chi connectivity index (χ3n) is 3.42. The first-order valence-corrected chi connectivity index (χ1v) is 8.34. The SMILES string of the molecule is CCCc1cccc(C(Cc2csc(C)n2)NCC)c1. The Labute approximate surface area is 126 Å². The fraction of sp³-hybridized carbons (Fsp3) is 0.471. The summed E-state index contributed by atoms with van der Waals surface area (Å²) in [4.78, 5) is 4.60. The van der Waals surface area contributed by atoms with E-state index in [0.717, 1.165) is 24.4 Å². The van der Waals surface area contributed by atoms with Gasteiger partial charge >= 0.3 is 0 Å². The van der Waals surface area contributed by atoms with Crippen LogP contribution in [0.3, 0.4) is 0 Å². The standard InChI is InChI=1S/C17H24N2S/c1-4-7-14-8-6-9-15(10-14)17(18-5-2)11-16-12-20-13(3)19-16/h6,8-10,12,17-18H,4-5,7,11H2,1-3H3. The molecule has 2 aromatic rings. The highest BCUT2D eigenvalue weighted by molar-refractivity contribution is 7.09. The molecule has 108 valence electrons. The summed E-state index contributed by atoms with van der Waals surface area (Å²) in [5.74, 6) is 0. The molecule has 0 aliphatic carbocycles. The topological polar surface area (TPSA) is 24.9 Å². The van der Waals surface area contributed by atoms with Crippen LogP contribution in [-0.4, -0.2) is 11.5 Å². The molecule has 0 fully saturated rings. The zero-order valence-corrected chi connectivity index (χ0v) is 13.5. The Balaban J connectivity index is 2.16. The first-order valence-electron chi connectivity index (χ1n) is 7.46. The zero-order chi connectivity index (χ0) is 14.4. The first-order chi connectivity index (χ1) is 9.72. The number of aromatic nitrogens is 1. The van der Waals surface area contributed by atoms with E-state index in [2.05, 4.69) is 60.7 Å². The number of rotatable bonds is 7. The third-order valence-corrected chi connectivity index (χ3v) is 4.24. The summed E-state index contributed by atoms with van der Waals surface area (Å²) in [7, 11) is 0. The Morgan fingerprint density at radius 2 is 2.15 bits per heavy atom. The van der Waals surface area contributed by atoms with E-state index in [1.54, 1.807) is 11.3 Å². The summed E-state index contributed by atoms with van der Waals surface area (Å²) in [5.41, 5.74) is 4.00. The number of nitrogens with one attached hydrogen (secondary N) is 1. The van der Waals surface area contributed by atoms with Gasteiger partial charge in [-0.1, -0.05) is 44.5 Å². The van der Waals surface area contributed by atoms with E-state index in [1.165, 1.54) is 23.2 Å². The summed E-state index contributed by atoms with van der Waals surface area (Å²) >= 11 is 1.73. The van der Waals surface area contributed by atoms with Gasteiger partial charge in [-0.2, -0.15) is 0 Å². The molecule has 0 amide bonds. The van der Waals surface area contributed by atoms with E-state index >= 15 is 0 Å². The molecule has 3 heteroatoms. The molecule has 1 N–H and O–H groups in total. The number of hydrogen-bond donors (Lipinski definition) is 1. The molecule has 2 nitrogen and oxygen atoms in total. The van der Waals surface area contributed by atoms with Crippen LogP contribution >= 0.6 is 11.3 Å². The molecule has 1 unspecified atom stereocenters. The number of hydrogen-bond acceptors (Lipinski definition) is 3. The monoisotopic (exact) mass is 288 g/mol. The molecule has 1 aromatic heterocycles. The Kier molecular flexibility index (Phi) is 5.74. The minimum absolute atomic E-state index is 0.360. The van der Waals surface area contributed by atoms with Crippen molar-refractivity contribution < 1.29 is 0 Å². The molecule has 2 rings (SSSR count). The fourth-order valence-corrected chi connectivity index (χ4v) is 3.14. The van der Waals surface area contributed by atoms with Gasteiger partial charge in [0.15, 0.2) is 0 Å². The van der Waals surface area contributed by atoms with Crippen molar-refractivity contribution in [2.75, 3.05) is 6.54 Å². The molecule has 1 aromatic carbocycles. The molecule has 0 bridgehead atoms. The van der Waals surface area contributed by atoms with Gasteiger partial charge in [0.2, 0.25) is 0 Å². The summed E-state index contributed by atoms with van der Waals surface area (Å²) in [6.45, 7) is 7.44. The van der Waals surface area contributed by atoms with E-state index in [9.17, 15) is 0 Å². The van der Waals surface area contributed by atoms with E-state index < -0.39 is 0 Å². The predicted octanol–water partition coefficient (Wildman–Crippen LogP) is 4.30. The van der Waals surface area contributed by atoms with Crippen LogP contribution in [-0.2, 0) is 12.8 Å². The van der Waals surface area contributed by atoms with Crippen LogP contribution in [0.4, 0.5) is 0 Å². The maximum atomic E-state index is 4.60. The van der Waals surface area contributed by atoms with Crippen LogP contribution in [0.15, 0.2) is 29.6 Å².